The minimum Gasteiger partial charge on any atom is -0.356 e. The minimum absolute atomic E-state index is 0.177. The molecule has 0 spiro atoms. The number of aliphatic hydroxyl groups excluding tert-OH is 1. The first-order chi connectivity index (χ1) is 9.37. The van der Waals surface area contributed by atoms with Gasteiger partial charge in [-0.2, -0.15) is 0 Å². The lowest BCUT2D eigenvalue weighted by atomic mass is 10.2. The van der Waals surface area contributed by atoms with Crippen molar-refractivity contribution in [2.45, 2.75) is 31.8 Å². The molecular formula is C17H21BOP+. The fourth-order valence-corrected chi connectivity index (χ4v) is 5.53. The van der Waals surface area contributed by atoms with Crippen LogP contribution < -0.4 is 5.30 Å². The molecule has 0 saturated heterocycles. The van der Waals surface area contributed by atoms with Crippen LogP contribution in [-0.2, 0) is 0 Å². The van der Waals surface area contributed by atoms with Gasteiger partial charge in [0.25, 0.3) is 0 Å². The molecule has 0 aromatic heterocycles. The standard InChI is InChI=1S/C17H21BOP/c1-17(2,3)20(18,15-12-8-5-9-13-15)16(19)14-10-6-4-7-11-14/h4-13,16,19H,1-3H3/q+1/t16-,20?/m0/s1. The summed E-state index contributed by atoms with van der Waals surface area (Å²) >= 11 is 0. The van der Waals surface area contributed by atoms with E-state index in [1.165, 1.54) is 0 Å². The Labute approximate surface area is 123 Å². The van der Waals surface area contributed by atoms with Crippen molar-refractivity contribution in [2.24, 2.45) is 0 Å². The maximum absolute atomic E-state index is 11.0. The van der Waals surface area contributed by atoms with Gasteiger partial charge in [-0.1, -0.05) is 48.5 Å². The van der Waals surface area contributed by atoms with Crippen molar-refractivity contribution in [3.63, 3.8) is 0 Å². The Kier molecular flexibility index (Phi) is 4.37. The van der Waals surface area contributed by atoms with Crippen LogP contribution in [0.1, 0.15) is 32.2 Å². The van der Waals surface area contributed by atoms with Crippen molar-refractivity contribution in [2.75, 3.05) is 0 Å². The van der Waals surface area contributed by atoms with E-state index in [4.69, 9.17) is 7.57 Å². The van der Waals surface area contributed by atoms with Gasteiger partial charge in [-0.15, -0.1) is 0 Å². The van der Waals surface area contributed by atoms with Gasteiger partial charge in [-0.3, -0.25) is 0 Å². The molecule has 2 aromatic rings. The molecule has 0 amide bonds. The summed E-state index contributed by atoms with van der Waals surface area (Å²) in [6.45, 7) is 6.33. The van der Waals surface area contributed by atoms with Gasteiger partial charge in [0, 0.05) is 12.7 Å². The van der Waals surface area contributed by atoms with E-state index in [1.54, 1.807) is 0 Å². The van der Waals surface area contributed by atoms with Gasteiger partial charge < -0.3 is 5.11 Å². The van der Waals surface area contributed by atoms with Crippen molar-refractivity contribution < 1.29 is 5.11 Å². The average Bonchev–Trinajstić information content (AvgIpc) is 2.46. The number of aliphatic hydroxyl groups is 1. The molecule has 2 aromatic carbocycles. The molecule has 0 aliphatic heterocycles. The fourth-order valence-electron chi connectivity index (χ4n) is 2.43. The predicted octanol–water partition coefficient (Wildman–Crippen LogP) is 3.90. The smallest absolute Gasteiger partial charge is 0.356 e. The lowest BCUT2D eigenvalue weighted by Gasteiger charge is -2.39. The molecule has 1 unspecified atom stereocenters. The molecule has 0 aliphatic carbocycles. The third-order valence-electron chi connectivity index (χ3n) is 3.78. The molecule has 0 fully saturated rings. The van der Waals surface area contributed by atoms with E-state index in [9.17, 15) is 5.11 Å². The van der Waals surface area contributed by atoms with E-state index >= 15 is 0 Å². The largest absolute Gasteiger partial charge is 0.375 e. The highest BCUT2D eigenvalue weighted by atomic mass is 31.2. The van der Waals surface area contributed by atoms with Gasteiger partial charge >= 0.3 is 7.57 Å². The van der Waals surface area contributed by atoms with Crippen LogP contribution in [0.5, 0.6) is 0 Å². The summed E-state index contributed by atoms with van der Waals surface area (Å²) in [4.78, 5) is 0. The second-order valence-corrected chi connectivity index (χ2v) is 9.97. The highest BCUT2D eigenvalue weighted by molar-refractivity contribution is 8.04. The van der Waals surface area contributed by atoms with Gasteiger partial charge in [-0.25, -0.2) is 0 Å². The molecule has 0 aliphatic rings. The van der Waals surface area contributed by atoms with E-state index in [0.29, 0.717) is 0 Å². The second kappa shape index (κ2) is 5.72. The second-order valence-electron chi connectivity index (χ2n) is 6.07. The van der Waals surface area contributed by atoms with E-state index in [-0.39, 0.29) is 5.16 Å². The Bertz CT molecular complexity index is 550. The molecule has 102 valence electrons. The van der Waals surface area contributed by atoms with Crippen molar-refractivity contribution in [3.8, 4) is 0 Å². The van der Waals surface area contributed by atoms with Gasteiger partial charge in [-0.05, 0) is 32.9 Å². The molecular weight excluding hydrogens is 262 g/mol. The van der Waals surface area contributed by atoms with Crippen LogP contribution in [0.25, 0.3) is 0 Å². The number of hydrogen-bond donors (Lipinski definition) is 1. The lowest BCUT2D eigenvalue weighted by Crippen LogP contribution is -2.32. The van der Waals surface area contributed by atoms with Crippen LogP contribution in [0.15, 0.2) is 60.7 Å². The van der Waals surface area contributed by atoms with Crippen molar-refractivity contribution in [1.29, 1.82) is 0 Å². The van der Waals surface area contributed by atoms with E-state index in [0.717, 1.165) is 10.9 Å². The SMILES string of the molecule is [B][P+](c1ccccc1)([C@H](O)c1ccccc1)C(C)(C)C. The number of hydrogen-bond acceptors (Lipinski definition) is 1. The maximum Gasteiger partial charge on any atom is 0.375 e. The molecule has 2 rings (SSSR count). The molecule has 1 N–H and O–H groups in total. The van der Waals surface area contributed by atoms with Crippen molar-refractivity contribution in [1.82, 2.24) is 0 Å². The zero-order valence-corrected chi connectivity index (χ0v) is 13.2. The molecule has 0 heterocycles. The topological polar surface area (TPSA) is 20.2 Å². The quantitative estimate of drug-likeness (QED) is 0.669. The molecule has 0 saturated carbocycles. The molecule has 20 heavy (non-hydrogen) atoms. The maximum atomic E-state index is 11.0. The average molecular weight is 283 g/mol. The van der Waals surface area contributed by atoms with Crippen LogP contribution in [0.3, 0.4) is 0 Å². The Morgan fingerprint density at radius 1 is 0.900 bits per heavy atom. The van der Waals surface area contributed by atoms with Gasteiger partial charge in [0.2, 0.25) is 0 Å². The van der Waals surface area contributed by atoms with Crippen molar-refractivity contribution in [3.05, 3.63) is 66.2 Å². The van der Waals surface area contributed by atoms with Crippen LogP contribution in [-0.4, -0.2) is 17.8 Å². The van der Waals surface area contributed by atoms with Gasteiger partial charge in [0.15, 0.2) is 5.85 Å². The van der Waals surface area contributed by atoms with Crippen LogP contribution in [0.4, 0.5) is 0 Å². The Morgan fingerprint density at radius 3 is 1.80 bits per heavy atom. The van der Waals surface area contributed by atoms with E-state index < -0.39 is 13.0 Å². The Hall–Kier alpha value is -1.11. The van der Waals surface area contributed by atoms with Crippen LogP contribution in [0.2, 0.25) is 0 Å². The summed E-state index contributed by atoms with van der Waals surface area (Å²) < 4.78 is 0. The van der Waals surface area contributed by atoms with Crippen LogP contribution in [0, 0.1) is 0 Å². The van der Waals surface area contributed by atoms with Gasteiger partial charge in [0.05, 0.1) is 10.5 Å². The summed E-state index contributed by atoms with van der Waals surface area (Å²) in [5, 5.41) is 11.8. The third-order valence-corrected chi connectivity index (χ3v) is 8.22. The third kappa shape index (κ3) is 2.68. The number of benzene rings is 2. The summed E-state index contributed by atoms with van der Waals surface area (Å²) in [5.74, 6) is -0.647. The highest BCUT2D eigenvalue weighted by Gasteiger charge is 2.52. The Morgan fingerprint density at radius 2 is 1.35 bits per heavy atom. The summed E-state index contributed by atoms with van der Waals surface area (Å²) in [6, 6.07) is 19.7. The first kappa shape index (κ1) is 15.3. The molecule has 2 atom stereocenters. The summed E-state index contributed by atoms with van der Waals surface area (Å²) in [5.41, 5.74) is 0.891. The first-order valence-corrected chi connectivity index (χ1v) is 8.76. The number of rotatable bonds is 3. The molecule has 2 radical (unpaired) electrons. The van der Waals surface area contributed by atoms with Gasteiger partial charge in [0.1, 0.15) is 0 Å². The summed E-state index contributed by atoms with van der Waals surface area (Å²) in [7, 11) is 4.57. The Balaban J connectivity index is 2.54. The van der Waals surface area contributed by atoms with E-state index in [2.05, 4.69) is 20.8 Å². The normalized spacial score (nSPS) is 16.4. The zero-order valence-electron chi connectivity index (χ0n) is 12.3. The minimum atomic E-state index is -2.26. The zero-order chi connectivity index (χ0) is 14.8. The highest BCUT2D eigenvalue weighted by Crippen LogP contribution is 2.71. The molecule has 3 heteroatoms. The predicted molar refractivity (Wildman–Crippen MR) is 89.9 cm³/mol. The van der Waals surface area contributed by atoms with Crippen LogP contribution >= 0.6 is 7.14 Å². The molecule has 0 bridgehead atoms. The summed E-state index contributed by atoms with van der Waals surface area (Å²) in [6.07, 6.45) is 0. The first-order valence-electron chi connectivity index (χ1n) is 6.83. The fraction of sp³-hybridized carbons (Fsp3) is 0.294. The van der Waals surface area contributed by atoms with Crippen molar-refractivity contribution >= 4 is 20.0 Å². The van der Waals surface area contributed by atoms with E-state index in [1.807, 2.05) is 60.7 Å². The monoisotopic (exact) mass is 283 g/mol. The molecule has 1 nitrogen and oxygen atoms in total. The lowest BCUT2D eigenvalue weighted by molar-refractivity contribution is 0.260.